The summed E-state index contributed by atoms with van der Waals surface area (Å²) in [6.45, 7) is 5.32. The van der Waals surface area contributed by atoms with Crippen LogP contribution in [0.4, 0.5) is 0 Å². The first kappa shape index (κ1) is 15.4. The van der Waals surface area contributed by atoms with Gasteiger partial charge in [-0.2, -0.15) is 0 Å². The number of halogens is 1. The largest absolute Gasteiger partial charge is 0.330 e. The summed E-state index contributed by atoms with van der Waals surface area (Å²) in [6.07, 6.45) is 1.04. The van der Waals surface area contributed by atoms with Crippen molar-refractivity contribution in [1.82, 2.24) is 9.80 Å². The number of nitrogens with zero attached hydrogens (tertiary/aromatic N) is 2. The van der Waals surface area contributed by atoms with Crippen LogP contribution in [0.5, 0.6) is 0 Å². The van der Waals surface area contributed by atoms with Gasteiger partial charge in [0, 0.05) is 46.3 Å². The molecule has 2 N–H and O–H groups in total. The van der Waals surface area contributed by atoms with Crippen molar-refractivity contribution in [3.05, 3.63) is 33.6 Å². The molecule has 1 aliphatic rings. The van der Waals surface area contributed by atoms with Crippen molar-refractivity contribution in [3.63, 3.8) is 0 Å². The van der Waals surface area contributed by atoms with Gasteiger partial charge in [0.15, 0.2) is 0 Å². The van der Waals surface area contributed by atoms with Crippen LogP contribution >= 0.6 is 27.3 Å². The summed E-state index contributed by atoms with van der Waals surface area (Å²) >= 11 is 5.48. The summed E-state index contributed by atoms with van der Waals surface area (Å²) in [7, 11) is 2.20. The summed E-state index contributed by atoms with van der Waals surface area (Å²) in [4.78, 5) is 6.46. The van der Waals surface area contributed by atoms with E-state index in [1.54, 1.807) is 0 Å². The van der Waals surface area contributed by atoms with Gasteiger partial charge < -0.3 is 10.6 Å². The lowest BCUT2D eigenvalue weighted by atomic mass is 10.1. The number of hydrogen-bond donors (Lipinski definition) is 1. The molecule has 0 aliphatic carbocycles. The predicted octanol–water partition coefficient (Wildman–Crippen LogP) is 3.30. The Labute approximate surface area is 138 Å². The number of thiophene rings is 1. The lowest BCUT2D eigenvalue weighted by molar-refractivity contribution is 0.109. The SMILES string of the molecule is CN1CCN(C(CCN)c2cc3ccc(Br)cc3s2)CC1. The van der Waals surface area contributed by atoms with Gasteiger partial charge in [-0.05, 0) is 43.6 Å². The molecule has 21 heavy (non-hydrogen) atoms. The molecule has 0 saturated carbocycles. The Balaban J connectivity index is 1.87. The van der Waals surface area contributed by atoms with Gasteiger partial charge in [0.25, 0.3) is 0 Å². The van der Waals surface area contributed by atoms with Crippen LogP contribution < -0.4 is 5.73 Å². The molecular formula is C16H22BrN3S. The number of rotatable bonds is 4. The van der Waals surface area contributed by atoms with E-state index in [1.165, 1.54) is 15.0 Å². The molecule has 114 valence electrons. The maximum Gasteiger partial charge on any atom is 0.0455 e. The van der Waals surface area contributed by atoms with E-state index in [4.69, 9.17) is 5.73 Å². The first-order chi connectivity index (χ1) is 10.2. The Kier molecular flexibility index (Phi) is 4.96. The molecule has 0 bridgehead atoms. The third-order valence-corrected chi connectivity index (χ3v) is 5.94. The average molecular weight is 368 g/mol. The number of hydrogen-bond acceptors (Lipinski definition) is 4. The minimum absolute atomic E-state index is 0.472. The quantitative estimate of drug-likeness (QED) is 0.899. The first-order valence-electron chi connectivity index (χ1n) is 7.49. The summed E-state index contributed by atoms with van der Waals surface area (Å²) in [5.74, 6) is 0. The normalized spacial score (nSPS) is 19.2. The van der Waals surface area contributed by atoms with Crippen molar-refractivity contribution in [2.75, 3.05) is 39.8 Å². The molecule has 3 rings (SSSR count). The molecule has 2 aromatic rings. The van der Waals surface area contributed by atoms with Gasteiger partial charge in [-0.15, -0.1) is 11.3 Å². The van der Waals surface area contributed by atoms with Crippen LogP contribution in [0.25, 0.3) is 10.1 Å². The van der Waals surface area contributed by atoms with E-state index in [9.17, 15) is 0 Å². The Morgan fingerprint density at radius 2 is 2.00 bits per heavy atom. The van der Waals surface area contributed by atoms with Crippen LogP contribution in [-0.4, -0.2) is 49.6 Å². The van der Waals surface area contributed by atoms with Crippen molar-refractivity contribution in [2.45, 2.75) is 12.5 Å². The highest BCUT2D eigenvalue weighted by Gasteiger charge is 2.24. The fourth-order valence-corrected chi connectivity index (χ4v) is 4.77. The number of likely N-dealkylation sites (N-methyl/N-ethyl adjacent to an activating group) is 1. The van der Waals surface area contributed by atoms with Crippen LogP contribution in [0.15, 0.2) is 28.7 Å². The third-order valence-electron chi connectivity index (χ3n) is 4.25. The fourth-order valence-electron chi connectivity index (χ4n) is 2.99. The summed E-state index contributed by atoms with van der Waals surface area (Å²) < 4.78 is 2.51. The van der Waals surface area contributed by atoms with E-state index < -0.39 is 0 Å². The minimum atomic E-state index is 0.472. The molecular weight excluding hydrogens is 346 g/mol. The molecule has 0 spiro atoms. The van der Waals surface area contributed by atoms with Crippen LogP contribution in [0, 0.1) is 0 Å². The van der Waals surface area contributed by atoms with E-state index in [0.29, 0.717) is 6.04 Å². The maximum atomic E-state index is 5.88. The molecule has 3 nitrogen and oxygen atoms in total. The van der Waals surface area contributed by atoms with Gasteiger partial charge >= 0.3 is 0 Å². The van der Waals surface area contributed by atoms with Crippen molar-refractivity contribution >= 4 is 37.4 Å². The zero-order valence-electron chi connectivity index (χ0n) is 12.4. The summed E-state index contributed by atoms with van der Waals surface area (Å²) in [6, 6.07) is 9.35. The van der Waals surface area contributed by atoms with Gasteiger partial charge in [-0.1, -0.05) is 22.0 Å². The molecule has 1 unspecified atom stereocenters. The summed E-state index contributed by atoms with van der Waals surface area (Å²) in [5.41, 5.74) is 5.88. The topological polar surface area (TPSA) is 32.5 Å². The average Bonchev–Trinajstić information content (AvgIpc) is 2.88. The highest BCUT2D eigenvalue weighted by atomic mass is 79.9. The summed E-state index contributed by atoms with van der Waals surface area (Å²) in [5, 5.41) is 1.34. The lowest BCUT2D eigenvalue weighted by Crippen LogP contribution is -2.46. The van der Waals surface area contributed by atoms with E-state index in [-0.39, 0.29) is 0 Å². The van der Waals surface area contributed by atoms with Crippen LogP contribution in [-0.2, 0) is 0 Å². The number of nitrogens with two attached hydrogens (primary N) is 1. The maximum absolute atomic E-state index is 5.88. The second-order valence-electron chi connectivity index (χ2n) is 5.76. The molecule has 0 amide bonds. The highest BCUT2D eigenvalue weighted by Crippen LogP contribution is 2.36. The minimum Gasteiger partial charge on any atom is -0.330 e. The first-order valence-corrected chi connectivity index (χ1v) is 9.10. The van der Waals surface area contributed by atoms with Crippen LogP contribution in [0.1, 0.15) is 17.3 Å². The molecule has 1 atom stereocenters. The van der Waals surface area contributed by atoms with Crippen molar-refractivity contribution in [1.29, 1.82) is 0 Å². The second-order valence-corrected chi connectivity index (χ2v) is 7.79. The van der Waals surface area contributed by atoms with Crippen molar-refractivity contribution in [3.8, 4) is 0 Å². The van der Waals surface area contributed by atoms with Gasteiger partial charge in [0.2, 0.25) is 0 Å². The molecule has 5 heteroatoms. The van der Waals surface area contributed by atoms with E-state index in [1.807, 2.05) is 11.3 Å². The van der Waals surface area contributed by atoms with Crippen LogP contribution in [0.3, 0.4) is 0 Å². The number of piperazine rings is 1. The Morgan fingerprint density at radius 1 is 1.24 bits per heavy atom. The Bertz CT molecular complexity index is 605. The van der Waals surface area contributed by atoms with Crippen molar-refractivity contribution in [2.24, 2.45) is 5.73 Å². The third kappa shape index (κ3) is 3.48. The Hall–Kier alpha value is -0.460. The fraction of sp³-hybridized carbons (Fsp3) is 0.500. The smallest absolute Gasteiger partial charge is 0.0455 e. The highest BCUT2D eigenvalue weighted by molar-refractivity contribution is 9.10. The van der Waals surface area contributed by atoms with Crippen molar-refractivity contribution < 1.29 is 0 Å². The standard InChI is InChI=1S/C16H22BrN3S/c1-19-6-8-20(9-7-19)14(4-5-18)16-10-12-2-3-13(17)11-15(12)21-16/h2-3,10-11,14H,4-9,18H2,1H3. The van der Waals surface area contributed by atoms with E-state index >= 15 is 0 Å². The number of fused-ring (bicyclic) bond motifs is 1. The van der Waals surface area contributed by atoms with E-state index in [0.717, 1.165) is 43.6 Å². The molecule has 1 saturated heterocycles. The second kappa shape index (κ2) is 6.75. The molecule has 0 radical (unpaired) electrons. The molecule has 1 aromatic heterocycles. The van der Waals surface area contributed by atoms with E-state index in [2.05, 4.69) is 57.0 Å². The van der Waals surface area contributed by atoms with Gasteiger partial charge in [0.05, 0.1) is 0 Å². The monoisotopic (exact) mass is 367 g/mol. The molecule has 1 aliphatic heterocycles. The molecule has 1 aromatic carbocycles. The zero-order valence-corrected chi connectivity index (χ0v) is 14.8. The predicted molar refractivity (Wildman–Crippen MR) is 95.0 cm³/mol. The zero-order chi connectivity index (χ0) is 14.8. The Morgan fingerprint density at radius 3 is 2.71 bits per heavy atom. The van der Waals surface area contributed by atoms with Gasteiger partial charge in [-0.25, -0.2) is 0 Å². The molecule has 2 heterocycles. The number of benzene rings is 1. The van der Waals surface area contributed by atoms with Crippen LogP contribution in [0.2, 0.25) is 0 Å². The lowest BCUT2D eigenvalue weighted by Gasteiger charge is -2.37. The van der Waals surface area contributed by atoms with Gasteiger partial charge in [-0.3, -0.25) is 4.90 Å². The molecule has 1 fully saturated rings. The van der Waals surface area contributed by atoms with Gasteiger partial charge in [0.1, 0.15) is 0 Å².